The zero-order chi connectivity index (χ0) is 13.8. The van der Waals surface area contributed by atoms with Crippen molar-refractivity contribution in [1.29, 1.82) is 0 Å². The Kier molecular flexibility index (Phi) is 4.51. The summed E-state index contributed by atoms with van der Waals surface area (Å²) >= 11 is 0. The Labute approximate surface area is 112 Å². The molecule has 1 aromatic carbocycles. The van der Waals surface area contributed by atoms with Crippen LogP contribution in [-0.4, -0.2) is 12.5 Å². The number of carbonyl (C=O) groups is 1. The van der Waals surface area contributed by atoms with E-state index in [2.05, 4.69) is 0 Å². The van der Waals surface area contributed by atoms with Gasteiger partial charge in [-0.25, -0.2) is 8.78 Å². The monoisotopic (exact) mass is 267 g/mol. The first-order chi connectivity index (χ1) is 9.11. The number of hydrogen-bond acceptors (Lipinski definition) is 1. The number of carbonyl (C=O) groups excluding carboxylic acids is 1. The molecule has 0 N–H and O–H groups in total. The van der Waals surface area contributed by atoms with Crippen LogP contribution in [0.15, 0.2) is 18.2 Å². The average Bonchev–Trinajstić information content (AvgIpc) is 2.87. The first-order valence-corrected chi connectivity index (χ1v) is 6.87. The standard InChI is InChI=1S/C15H19F2NO/c1-2-18(12-7-8-13(16)14(17)10-12)15(19)9-11-5-3-4-6-11/h7-8,10-11H,2-6,9H2,1H3. The number of nitrogens with zero attached hydrogens (tertiary/aromatic N) is 1. The van der Waals surface area contributed by atoms with Gasteiger partial charge in [0.15, 0.2) is 11.6 Å². The Hall–Kier alpha value is -1.45. The molecule has 0 unspecified atom stereocenters. The molecule has 2 nitrogen and oxygen atoms in total. The van der Waals surface area contributed by atoms with Crippen LogP contribution in [0, 0.1) is 17.6 Å². The lowest BCUT2D eigenvalue weighted by atomic mass is 10.0. The molecule has 1 aromatic rings. The van der Waals surface area contributed by atoms with Crippen LogP contribution in [0.1, 0.15) is 39.0 Å². The summed E-state index contributed by atoms with van der Waals surface area (Å²) < 4.78 is 26.1. The Balaban J connectivity index is 2.09. The lowest BCUT2D eigenvalue weighted by Crippen LogP contribution is -2.31. The molecular formula is C15H19F2NO. The summed E-state index contributed by atoms with van der Waals surface area (Å²) in [5, 5.41) is 0. The Morgan fingerprint density at radius 1 is 1.26 bits per heavy atom. The molecule has 1 aliphatic rings. The second-order valence-corrected chi connectivity index (χ2v) is 5.09. The summed E-state index contributed by atoms with van der Waals surface area (Å²) in [5.74, 6) is -1.35. The van der Waals surface area contributed by atoms with Crippen molar-refractivity contribution in [2.24, 2.45) is 5.92 Å². The maximum Gasteiger partial charge on any atom is 0.227 e. The average molecular weight is 267 g/mol. The maximum absolute atomic E-state index is 13.2. The van der Waals surface area contributed by atoms with E-state index in [0.717, 1.165) is 25.0 Å². The minimum absolute atomic E-state index is 0.000378. The molecule has 0 radical (unpaired) electrons. The van der Waals surface area contributed by atoms with E-state index in [1.54, 1.807) is 0 Å². The van der Waals surface area contributed by atoms with Gasteiger partial charge in [-0.15, -0.1) is 0 Å². The second kappa shape index (κ2) is 6.13. The van der Waals surface area contributed by atoms with E-state index in [1.165, 1.54) is 23.8 Å². The van der Waals surface area contributed by atoms with Crippen LogP contribution in [0.5, 0.6) is 0 Å². The molecule has 4 heteroatoms. The largest absolute Gasteiger partial charge is 0.313 e. The number of hydrogen-bond donors (Lipinski definition) is 0. The summed E-state index contributed by atoms with van der Waals surface area (Å²) in [5.41, 5.74) is 0.435. The molecule has 1 fully saturated rings. The molecule has 2 rings (SSSR count). The third-order valence-corrected chi connectivity index (χ3v) is 3.77. The van der Waals surface area contributed by atoms with Gasteiger partial charge in [-0.1, -0.05) is 12.8 Å². The Morgan fingerprint density at radius 2 is 1.95 bits per heavy atom. The molecule has 0 aromatic heterocycles. The maximum atomic E-state index is 13.2. The first-order valence-electron chi connectivity index (χ1n) is 6.87. The molecule has 0 spiro atoms. The molecule has 1 saturated carbocycles. The number of benzene rings is 1. The summed E-state index contributed by atoms with van der Waals surface area (Å²) in [4.78, 5) is 13.8. The third-order valence-electron chi connectivity index (χ3n) is 3.77. The quantitative estimate of drug-likeness (QED) is 0.810. The SMILES string of the molecule is CCN(C(=O)CC1CCCC1)c1ccc(F)c(F)c1. The number of rotatable bonds is 4. The smallest absolute Gasteiger partial charge is 0.227 e. The second-order valence-electron chi connectivity index (χ2n) is 5.09. The van der Waals surface area contributed by atoms with Gasteiger partial charge >= 0.3 is 0 Å². The van der Waals surface area contributed by atoms with Gasteiger partial charge in [-0.2, -0.15) is 0 Å². The number of amides is 1. The molecule has 1 aliphatic carbocycles. The molecule has 0 heterocycles. The van der Waals surface area contributed by atoms with E-state index in [0.29, 0.717) is 24.6 Å². The van der Waals surface area contributed by atoms with Gasteiger partial charge in [-0.05, 0) is 37.8 Å². The predicted octanol–water partition coefficient (Wildman–Crippen LogP) is 3.90. The summed E-state index contributed by atoms with van der Waals surface area (Å²) in [6, 6.07) is 3.61. The highest BCUT2D eigenvalue weighted by atomic mass is 19.2. The predicted molar refractivity (Wildman–Crippen MR) is 71.0 cm³/mol. The highest BCUT2D eigenvalue weighted by Crippen LogP contribution is 2.29. The minimum Gasteiger partial charge on any atom is -0.313 e. The van der Waals surface area contributed by atoms with Crippen LogP contribution < -0.4 is 4.90 Å². The minimum atomic E-state index is -0.912. The van der Waals surface area contributed by atoms with Crippen molar-refractivity contribution in [3.05, 3.63) is 29.8 Å². The van der Waals surface area contributed by atoms with E-state index >= 15 is 0 Å². The highest BCUT2D eigenvalue weighted by molar-refractivity contribution is 5.93. The topological polar surface area (TPSA) is 20.3 Å². The fourth-order valence-corrected chi connectivity index (χ4v) is 2.73. The van der Waals surface area contributed by atoms with Crippen molar-refractivity contribution < 1.29 is 13.6 Å². The van der Waals surface area contributed by atoms with E-state index in [4.69, 9.17) is 0 Å². The van der Waals surface area contributed by atoms with Gasteiger partial charge in [0.2, 0.25) is 5.91 Å². The van der Waals surface area contributed by atoms with E-state index in [1.807, 2.05) is 6.92 Å². The molecule has 1 amide bonds. The lowest BCUT2D eigenvalue weighted by Gasteiger charge is -2.22. The normalized spacial score (nSPS) is 15.7. The van der Waals surface area contributed by atoms with Gasteiger partial charge in [-0.3, -0.25) is 4.79 Å². The molecule has 19 heavy (non-hydrogen) atoms. The van der Waals surface area contributed by atoms with Crippen molar-refractivity contribution in [2.75, 3.05) is 11.4 Å². The van der Waals surface area contributed by atoms with Crippen LogP contribution in [0.4, 0.5) is 14.5 Å². The van der Waals surface area contributed by atoms with Gasteiger partial charge in [0.25, 0.3) is 0 Å². The summed E-state index contributed by atoms with van der Waals surface area (Å²) in [6.45, 7) is 2.31. The summed E-state index contributed by atoms with van der Waals surface area (Å²) in [6.07, 6.45) is 5.08. The molecule has 0 saturated heterocycles. The molecular weight excluding hydrogens is 248 g/mol. The number of anilines is 1. The Morgan fingerprint density at radius 3 is 2.53 bits per heavy atom. The molecule has 0 atom stereocenters. The van der Waals surface area contributed by atoms with Crippen LogP contribution in [-0.2, 0) is 4.79 Å². The van der Waals surface area contributed by atoms with E-state index in [9.17, 15) is 13.6 Å². The van der Waals surface area contributed by atoms with Crippen molar-refractivity contribution in [1.82, 2.24) is 0 Å². The molecule has 104 valence electrons. The molecule has 0 bridgehead atoms. The van der Waals surface area contributed by atoms with E-state index in [-0.39, 0.29) is 5.91 Å². The van der Waals surface area contributed by atoms with E-state index < -0.39 is 11.6 Å². The van der Waals surface area contributed by atoms with Gasteiger partial charge < -0.3 is 4.90 Å². The summed E-state index contributed by atoms with van der Waals surface area (Å²) in [7, 11) is 0. The Bertz CT molecular complexity index is 455. The molecule has 0 aliphatic heterocycles. The van der Waals surface area contributed by atoms with Crippen molar-refractivity contribution >= 4 is 11.6 Å². The van der Waals surface area contributed by atoms with Gasteiger partial charge in [0, 0.05) is 24.7 Å². The fourth-order valence-electron chi connectivity index (χ4n) is 2.73. The van der Waals surface area contributed by atoms with Crippen LogP contribution in [0.25, 0.3) is 0 Å². The van der Waals surface area contributed by atoms with Crippen LogP contribution in [0.2, 0.25) is 0 Å². The fraction of sp³-hybridized carbons (Fsp3) is 0.533. The van der Waals surface area contributed by atoms with Gasteiger partial charge in [0.1, 0.15) is 0 Å². The number of halogens is 2. The van der Waals surface area contributed by atoms with Gasteiger partial charge in [0.05, 0.1) is 0 Å². The zero-order valence-corrected chi connectivity index (χ0v) is 11.2. The van der Waals surface area contributed by atoms with Crippen molar-refractivity contribution in [3.63, 3.8) is 0 Å². The van der Waals surface area contributed by atoms with Crippen LogP contribution in [0.3, 0.4) is 0 Å². The van der Waals surface area contributed by atoms with Crippen LogP contribution >= 0.6 is 0 Å². The lowest BCUT2D eigenvalue weighted by molar-refractivity contribution is -0.119. The zero-order valence-electron chi connectivity index (χ0n) is 11.2. The first kappa shape index (κ1) is 14.0. The highest BCUT2D eigenvalue weighted by Gasteiger charge is 2.22. The van der Waals surface area contributed by atoms with Crippen molar-refractivity contribution in [2.45, 2.75) is 39.0 Å². The third kappa shape index (κ3) is 3.31. The van der Waals surface area contributed by atoms with Crippen molar-refractivity contribution in [3.8, 4) is 0 Å².